The average molecular weight is 282 g/mol. The Hall–Kier alpha value is -1.30. The van der Waals surface area contributed by atoms with Crippen molar-refractivity contribution in [3.05, 3.63) is 58.7 Å². The summed E-state index contributed by atoms with van der Waals surface area (Å²) in [5, 5.41) is 0. The van der Waals surface area contributed by atoms with Gasteiger partial charge in [-0.15, -0.1) is 0 Å². The minimum absolute atomic E-state index is 0.221. The van der Waals surface area contributed by atoms with Crippen LogP contribution in [0.3, 0.4) is 0 Å². The molecule has 1 aromatic rings. The third kappa shape index (κ3) is 3.31. The zero-order chi connectivity index (χ0) is 15.5. The molecule has 0 saturated heterocycles. The van der Waals surface area contributed by atoms with Crippen molar-refractivity contribution in [1.29, 1.82) is 0 Å². The van der Waals surface area contributed by atoms with Gasteiger partial charge in [0, 0.05) is 0 Å². The van der Waals surface area contributed by atoms with E-state index in [2.05, 4.69) is 71.0 Å². The summed E-state index contributed by atoms with van der Waals surface area (Å²) in [5.74, 6) is 0.675. The lowest BCUT2D eigenvalue weighted by Crippen LogP contribution is -2.31. The standard InChI is InChI=1S/C21H30/c1-6-17(3)21(5,15-19-12-8-7-9-13-19)20-14-10-11-16(2)18(20)4/h8,10-14,17H,6-7,9,15H2,1-5H3. The molecule has 2 atom stereocenters. The molecule has 2 unspecified atom stereocenters. The van der Waals surface area contributed by atoms with Gasteiger partial charge in [-0.1, -0.05) is 69.2 Å². The van der Waals surface area contributed by atoms with E-state index in [0.717, 1.165) is 6.42 Å². The second-order valence-corrected chi connectivity index (χ2v) is 6.91. The lowest BCUT2D eigenvalue weighted by Gasteiger charge is -2.38. The van der Waals surface area contributed by atoms with E-state index in [-0.39, 0.29) is 5.41 Å². The molecule has 114 valence electrons. The summed E-state index contributed by atoms with van der Waals surface area (Å²) in [7, 11) is 0. The van der Waals surface area contributed by atoms with Crippen LogP contribution in [-0.4, -0.2) is 0 Å². The third-order valence-corrected chi connectivity index (χ3v) is 5.56. The van der Waals surface area contributed by atoms with Crippen molar-refractivity contribution in [1.82, 2.24) is 0 Å². The Morgan fingerprint density at radius 1 is 1.19 bits per heavy atom. The Morgan fingerprint density at radius 2 is 1.95 bits per heavy atom. The fourth-order valence-corrected chi connectivity index (χ4v) is 3.58. The van der Waals surface area contributed by atoms with Gasteiger partial charge in [0.1, 0.15) is 0 Å². The molecule has 1 aromatic carbocycles. The minimum atomic E-state index is 0.221. The number of hydrogen-bond acceptors (Lipinski definition) is 0. The fourth-order valence-electron chi connectivity index (χ4n) is 3.58. The Bertz CT molecular complexity index is 547. The molecule has 0 nitrogen and oxygen atoms in total. The maximum atomic E-state index is 2.46. The summed E-state index contributed by atoms with van der Waals surface area (Å²) in [6, 6.07) is 6.81. The van der Waals surface area contributed by atoms with Crippen LogP contribution in [0.1, 0.15) is 63.1 Å². The smallest absolute Gasteiger partial charge is 0.000684 e. The second kappa shape index (κ2) is 6.64. The van der Waals surface area contributed by atoms with E-state index in [1.54, 1.807) is 0 Å². The Morgan fingerprint density at radius 3 is 2.57 bits per heavy atom. The molecule has 0 fully saturated rings. The predicted octanol–water partition coefficient (Wildman–Crippen LogP) is 6.27. The molecule has 0 aliphatic heterocycles. The monoisotopic (exact) mass is 282 g/mol. The van der Waals surface area contributed by atoms with Crippen molar-refractivity contribution in [3.8, 4) is 0 Å². The first-order valence-electron chi connectivity index (χ1n) is 8.41. The lowest BCUT2D eigenvalue weighted by atomic mass is 9.66. The highest BCUT2D eigenvalue weighted by Crippen LogP contribution is 2.42. The number of benzene rings is 1. The van der Waals surface area contributed by atoms with Gasteiger partial charge in [-0.3, -0.25) is 0 Å². The van der Waals surface area contributed by atoms with Gasteiger partial charge in [-0.05, 0) is 61.1 Å². The zero-order valence-corrected chi connectivity index (χ0v) is 14.4. The van der Waals surface area contributed by atoms with E-state index in [1.807, 2.05) is 0 Å². The molecule has 21 heavy (non-hydrogen) atoms. The lowest BCUT2D eigenvalue weighted by molar-refractivity contribution is 0.302. The quantitative estimate of drug-likeness (QED) is 0.596. The summed E-state index contributed by atoms with van der Waals surface area (Å²) in [6.07, 6.45) is 11.9. The highest BCUT2D eigenvalue weighted by Gasteiger charge is 2.34. The van der Waals surface area contributed by atoms with Crippen LogP contribution in [0.2, 0.25) is 0 Å². The van der Waals surface area contributed by atoms with Gasteiger partial charge in [0.15, 0.2) is 0 Å². The van der Waals surface area contributed by atoms with E-state index < -0.39 is 0 Å². The molecule has 1 aliphatic carbocycles. The van der Waals surface area contributed by atoms with Crippen LogP contribution in [0.4, 0.5) is 0 Å². The number of rotatable bonds is 5. The summed E-state index contributed by atoms with van der Waals surface area (Å²) in [5.41, 5.74) is 6.16. The zero-order valence-electron chi connectivity index (χ0n) is 14.4. The Kier molecular flexibility index (Phi) is 5.08. The van der Waals surface area contributed by atoms with Gasteiger partial charge in [0.05, 0.1) is 0 Å². The maximum absolute atomic E-state index is 2.46. The van der Waals surface area contributed by atoms with Crippen LogP contribution in [0, 0.1) is 19.8 Å². The fraction of sp³-hybridized carbons (Fsp3) is 0.524. The summed E-state index contributed by atoms with van der Waals surface area (Å²) in [6.45, 7) is 11.7. The maximum Gasteiger partial charge on any atom is -0.000684 e. The predicted molar refractivity (Wildman–Crippen MR) is 93.8 cm³/mol. The first-order chi connectivity index (χ1) is 9.99. The number of hydrogen-bond donors (Lipinski definition) is 0. The minimum Gasteiger partial charge on any atom is -0.0840 e. The first kappa shape index (κ1) is 16.1. The molecule has 0 heterocycles. The molecule has 1 aliphatic rings. The molecule has 2 rings (SSSR count). The number of aryl methyl sites for hydroxylation is 1. The summed E-state index contributed by atoms with van der Waals surface area (Å²) >= 11 is 0. The largest absolute Gasteiger partial charge is 0.0840 e. The summed E-state index contributed by atoms with van der Waals surface area (Å²) < 4.78 is 0. The van der Waals surface area contributed by atoms with E-state index in [0.29, 0.717) is 5.92 Å². The topological polar surface area (TPSA) is 0 Å². The molecule has 0 bridgehead atoms. The van der Waals surface area contributed by atoms with Crippen LogP contribution in [0.15, 0.2) is 42.0 Å². The SMILES string of the molecule is CCC(C)C(C)(CC1=CCCC=C1)c1cccc(C)c1C. The van der Waals surface area contributed by atoms with E-state index in [1.165, 1.54) is 41.5 Å². The van der Waals surface area contributed by atoms with Crippen LogP contribution < -0.4 is 0 Å². The Labute approximate surface area is 131 Å². The van der Waals surface area contributed by atoms with Crippen molar-refractivity contribution in [2.45, 2.75) is 65.7 Å². The molecule has 0 saturated carbocycles. The molecule has 0 heteroatoms. The van der Waals surface area contributed by atoms with Crippen molar-refractivity contribution < 1.29 is 0 Å². The number of allylic oxidation sites excluding steroid dienone is 4. The van der Waals surface area contributed by atoms with Gasteiger partial charge in [-0.25, -0.2) is 0 Å². The normalized spacial score (nSPS) is 19.0. The van der Waals surface area contributed by atoms with Crippen LogP contribution in [-0.2, 0) is 5.41 Å². The molecular formula is C21H30. The van der Waals surface area contributed by atoms with Crippen LogP contribution >= 0.6 is 0 Å². The third-order valence-electron chi connectivity index (χ3n) is 5.56. The Balaban J connectivity index is 2.43. The van der Waals surface area contributed by atoms with Crippen LogP contribution in [0.25, 0.3) is 0 Å². The van der Waals surface area contributed by atoms with Crippen LogP contribution in [0.5, 0.6) is 0 Å². The molecular weight excluding hydrogens is 252 g/mol. The van der Waals surface area contributed by atoms with Gasteiger partial charge in [-0.2, -0.15) is 0 Å². The van der Waals surface area contributed by atoms with E-state index in [9.17, 15) is 0 Å². The van der Waals surface area contributed by atoms with Crippen molar-refractivity contribution >= 4 is 0 Å². The van der Waals surface area contributed by atoms with Gasteiger partial charge < -0.3 is 0 Å². The van der Waals surface area contributed by atoms with Gasteiger partial charge >= 0.3 is 0 Å². The molecule has 0 aromatic heterocycles. The van der Waals surface area contributed by atoms with Crippen molar-refractivity contribution in [2.24, 2.45) is 5.92 Å². The molecule has 0 radical (unpaired) electrons. The van der Waals surface area contributed by atoms with Crippen molar-refractivity contribution in [3.63, 3.8) is 0 Å². The molecule has 0 amide bonds. The van der Waals surface area contributed by atoms with Gasteiger partial charge in [0.25, 0.3) is 0 Å². The molecule has 0 spiro atoms. The van der Waals surface area contributed by atoms with E-state index >= 15 is 0 Å². The highest BCUT2D eigenvalue weighted by atomic mass is 14.4. The first-order valence-corrected chi connectivity index (χ1v) is 8.41. The second-order valence-electron chi connectivity index (χ2n) is 6.91. The van der Waals surface area contributed by atoms with Crippen molar-refractivity contribution in [2.75, 3.05) is 0 Å². The van der Waals surface area contributed by atoms with E-state index in [4.69, 9.17) is 0 Å². The highest BCUT2D eigenvalue weighted by molar-refractivity contribution is 5.41. The summed E-state index contributed by atoms with van der Waals surface area (Å²) in [4.78, 5) is 0. The molecule has 0 N–H and O–H groups in total. The average Bonchev–Trinajstić information content (AvgIpc) is 2.50. The van der Waals surface area contributed by atoms with Gasteiger partial charge in [0.2, 0.25) is 0 Å².